The molecule has 3 heterocycles. The lowest BCUT2D eigenvalue weighted by molar-refractivity contribution is -0.134. The first-order chi connectivity index (χ1) is 16.0. The maximum atomic E-state index is 14.6. The number of piperazine rings is 1. The second kappa shape index (κ2) is 9.46. The fourth-order valence-electron chi connectivity index (χ4n) is 4.13. The third-order valence-corrected chi connectivity index (χ3v) is 6.25. The Labute approximate surface area is 192 Å². The first-order valence-corrected chi connectivity index (χ1v) is 11.3. The van der Waals surface area contributed by atoms with Gasteiger partial charge in [-0.2, -0.15) is 5.10 Å². The predicted octanol–water partition coefficient (Wildman–Crippen LogP) is 2.73. The molecule has 3 aliphatic rings. The predicted molar refractivity (Wildman–Crippen MR) is 121 cm³/mol. The number of hydrogen-bond acceptors (Lipinski definition) is 6. The van der Waals surface area contributed by atoms with E-state index in [-0.39, 0.29) is 24.1 Å². The van der Waals surface area contributed by atoms with Crippen LogP contribution < -0.4 is 4.74 Å². The number of carbonyl (C=O) groups is 1. The molecule has 0 spiro atoms. The minimum absolute atomic E-state index is 0.187. The highest BCUT2D eigenvalue weighted by Crippen LogP contribution is 2.26. The lowest BCUT2D eigenvalue weighted by Gasteiger charge is -2.39. The van der Waals surface area contributed by atoms with Gasteiger partial charge in [-0.1, -0.05) is 41.6 Å². The highest BCUT2D eigenvalue weighted by molar-refractivity contribution is 5.78. The molecule has 33 heavy (non-hydrogen) atoms. The van der Waals surface area contributed by atoms with Crippen molar-refractivity contribution in [2.45, 2.75) is 18.8 Å². The average molecular weight is 454 g/mol. The van der Waals surface area contributed by atoms with Gasteiger partial charge in [-0.25, -0.2) is 14.0 Å². The summed E-state index contributed by atoms with van der Waals surface area (Å²) in [6.45, 7) is 5.28. The molecule has 2 aromatic rings. The van der Waals surface area contributed by atoms with Crippen LogP contribution in [0.1, 0.15) is 17.2 Å². The number of likely N-dealkylation sites (N-methyl/N-ethyl adjacent to an activating group) is 1. The zero-order valence-electron chi connectivity index (χ0n) is 18.6. The Morgan fingerprint density at radius 2 is 1.88 bits per heavy atom. The van der Waals surface area contributed by atoms with E-state index in [0.29, 0.717) is 30.9 Å². The summed E-state index contributed by atoms with van der Waals surface area (Å²) in [5.74, 6) is 0.219. The van der Waals surface area contributed by atoms with Crippen molar-refractivity contribution in [2.24, 2.45) is 5.10 Å². The van der Waals surface area contributed by atoms with Crippen molar-refractivity contribution in [3.63, 3.8) is 0 Å². The van der Waals surface area contributed by atoms with Crippen molar-refractivity contribution in [3.8, 4) is 5.75 Å². The summed E-state index contributed by atoms with van der Waals surface area (Å²) in [5, 5.41) is 5.09. The van der Waals surface area contributed by atoms with E-state index in [1.54, 1.807) is 23.2 Å². The summed E-state index contributed by atoms with van der Waals surface area (Å²) in [6, 6.07) is 14.3. The van der Waals surface area contributed by atoms with Crippen molar-refractivity contribution in [1.82, 2.24) is 19.9 Å². The van der Waals surface area contributed by atoms with Gasteiger partial charge in [0, 0.05) is 44.4 Å². The van der Waals surface area contributed by atoms with E-state index < -0.39 is 0 Å². The summed E-state index contributed by atoms with van der Waals surface area (Å²) in [7, 11) is 2.10. The molecule has 8 nitrogen and oxygen atoms in total. The summed E-state index contributed by atoms with van der Waals surface area (Å²) >= 11 is 0. The highest BCUT2D eigenvalue weighted by atomic mass is 19.1. The first kappa shape index (κ1) is 21.8. The zero-order valence-corrected chi connectivity index (χ0v) is 18.6. The summed E-state index contributed by atoms with van der Waals surface area (Å²) in [5.41, 5.74) is 1.61. The van der Waals surface area contributed by atoms with E-state index in [1.807, 2.05) is 30.3 Å². The van der Waals surface area contributed by atoms with E-state index in [4.69, 9.17) is 9.57 Å². The van der Waals surface area contributed by atoms with Crippen LogP contribution in [-0.2, 0) is 11.4 Å². The number of halogens is 1. The molecule has 0 aliphatic carbocycles. The van der Waals surface area contributed by atoms with Crippen LogP contribution in [0, 0.1) is 5.82 Å². The Morgan fingerprint density at radius 3 is 2.61 bits per heavy atom. The smallest absolute Gasteiger partial charge is 0.366 e. The molecule has 5 rings (SSSR count). The van der Waals surface area contributed by atoms with Crippen LogP contribution in [-0.4, -0.2) is 84.5 Å². The van der Waals surface area contributed by atoms with Gasteiger partial charge in [0.2, 0.25) is 0 Å². The number of benzene rings is 2. The maximum absolute atomic E-state index is 14.6. The third-order valence-electron chi connectivity index (χ3n) is 6.25. The number of hydrazone groups is 1. The molecule has 1 unspecified atom stereocenters. The van der Waals surface area contributed by atoms with Crippen LogP contribution in [0.5, 0.6) is 5.75 Å². The molecule has 3 aliphatic heterocycles. The van der Waals surface area contributed by atoms with Crippen LogP contribution in [0.25, 0.3) is 0 Å². The van der Waals surface area contributed by atoms with Gasteiger partial charge in [-0.15, -0.1) is 0 Å². The fourth-order valence-corrected chi connectivity index (χ4v) is 4.13. The standard InChI is InChI=1S/C24H28FN5O3/c1-27-9-11-28(12-10-27)15-19-7-8-20(13-22(19)25)32-21-16-29(17-21)24(31)30-26-14-23(33-30)18-5-3-2-4-6-18/h2-8,13-14,21,23H,9-12,15-17H2,1H3. The van der Waals surface area contributed by atoms with Gasteiger partial charge in [0.1, 0.15) is 17.7 Å². The lowest BCUT2D eigenvalue weighted by atomic mass is 10.1. The van der Waals surface area contributed by atoms with Crippen LogP contribution in [0.3, 0.4) is 0 Å². The Kier molecular flexibility index (Phi) is 6.26. The second-order valence-corrected chi connectivity index (χ2v) is 8.73. The Balaban J connectivity index is 1.08. The van der Waals surface area contributed by atoms with Crippen molar-refractivity contribution in [2.75, 3.05) is 46.3 Å². The number of rotatable bonds is 5. The van der Waals surface area contributed by atoms with Gasteiger partial charge in [0.15, 0.2) is 6.10 Å². The molecule has 0 aromatic heterocycles. The topological polar surface area (TPSA) is 60.9 Å². The quantitative estimate of drug-likeness (QED) is 0.697. The van der Waals surface area contributed by atoms with Crippen molar-refractivity contribution in [3.05, 3.63) is 65.5 Å². The molecule has 0 N–H and O–H groups in total. The monoisotopic (exact) mass is 453 g/mol. The van der Waals surface area contributed by atoms with E-state index in [2.05, 4.69) is 21.9 Å². The third kappa shape index (κ3) is 5.00. The maximum Gasteiger partial charge on any atom is 0.366 e. The van der Waals surface area contributed by atoms with Crippen molar-refractivity contribution < 1.29 is 18.8 Å². The number of amides is 2. The van der Waals surface area contributed by atoms with Crippen LogP contribution in [0.2, 0.25) is 0 Å². The molecule has 2 amide bonds. The fraction of sp³-hybridized carbons (Fsp3) is 0.417. The van der Waals surface area contributed by atoms with Gasteiger partial charge >= 0.3 is 6.03 Å². The van der Waals surface area contributed by atoms with Gasteiger partial charge in [0.05, 0.1) is 19.3 Å². The minimum Gasteiger partial charge on any atom is -0.487 e. The number of carbonyl (C=O) groups excluding carboxylic acids is 1. The largest absolute Gasteiger partial charge is 0.487 e. The molecule has 174 valence electrons. The Hall–Kier alpha value is -3.01. The van der Waals surface area contributed by atoms with Gasteiger partial charge < -0.3 is 14.5 Å². The molecule has 1 atom stereocenters. The Morgan fingerprint density at radius 1 is 1.12 bits per heavy atom. The van der Waals surface area contributed by atoms with Crippen molar-refractivity contribution in [1.29, 1.82) is 0 Å². The Bertz CT molecular complexity index is 1010. The zero-order chi connectivity index (χ0) is 22.8. The molecule has 2 fully saturated rings. The van der Waals surface area contributed by atoms with E-state index in [1.165, 1.54) is 6.07 Å². The molecular weight excluding hydrogens is 425 g/mol. The molecule has 2 saturated heterocycles. The first-order valence-electron chi connectivity index (χ1n) is 11.3. The number of hydrogen-bond donors (Lipinski definition) is 0. The van der Waals surface area contributed by atoms with Gasteiger partial charge in [-0.05, 0) is 18.7 Å². The average Bonchev–Trinajstić information content (AvgIpc) is 3.30. The minimum atomic E-state index is -0.379. The SMILES string of the molecule is CN1CCN(Cc2ccc(OC3CN(C(=O)N4N=CC(c5ccccc5)O4)C3)cc2F)CC1. The van der Waals surface area contributed by atoms with Gasteiger partial charge in [-0.3, -0.25) is 4.90 Å². The van der Waals surface area contributed by atoms with E-state index in [0.717, 1.165) is 36.9 Å². The number of likely N-dealkylation sites (tertiary alicyclic amines) is 1. The molecule has 0 bridgehead atoms. The summed E-state index contributed by atoms with van der Waals surface area (Å²) < 4.78 is 20.5. The van der Waals surface area contributed by atoms with Crippen LogP contribution in [0.15, 0.2) is 53.6 Å². The van der Waals surface area contributed by atoms with E-state index in [9.17, 15) is 9.18 Å². The normalized spacial score (nSPS) is 21.9. The van der Waals surface area contributed by atoms with Crippen LogP contribution in [0.4, 0.5) is 9.18 Å². The second-order valence-electron chi connectivity index (χ2n) is 8.73. The number of hydroxylamine groups is 1. The highest BCUT2D eigenvalue weighted by Gasteiger charge is 2.38. The van der Waals surface area contributed by atoms with Crippen molar-refractivity contribution >= 4 is 12.2 Å². The molecule has 0 radical (unpaired) electrons. The number of urea groups is 1. The number of ether oxygens (including phenoxy) is 1. The van der Waals surface area contributed by atoms with E-state index >= 15 is 0 Å². The van der Waals surface area contributed by atoms with Crippen LogP contribution >= 0.6 is 0 Å². The van der Waals surface area contributed by atoms with Gasteiger partial charge in [0.25, 0.3) is 0 Å². The molecule has 9 heteroatoms. The summed E-state index contributed by atoms with van der Waals surface area (Å²) in [6.07, 6.45) is 1.04. The molecule has 2 aromatic carbocycles. The summed E-state index contributed by atoms with van der Waals surface area (Å²) in [4.78, 5) is 24.4. The number of nitrogens with zero attached hydrogens (tertiary/aromatic N) is 5. The molecular formula is C24H28FN5O3. The lowest BCUT2D eigenvalue weighted by Crippen LogP contribution is -2.58. The molecule has 0 saturated carbocycles.